The molecule has 0 spiro atoms. The van der Waals surface area contributed by atoms with Crippen molar-refractivity contribution in [1.29, 1.82) is 0 Å². The Labute approximate surface area is 147 Å². The summed E-state index contributed by atoms with van der Waals surface area (Å²) in [6, 6.07) is 3.34. The summed E-state index contributed by atoms with van der Waals surface area (Å²) in [7, 11) is 0. The number of aromatic nitrogens is 2. The van der Waals surface area contributed by atoms with Crippen LogP contribution in [0, 0.1) is 5.92 Å². The summed E-state index contributed by atoms with van der Waals surface area (Å²) in [5, 5.41) is 2.90. The molecule has 1 atom stereocenters. The van der Waals surface area contributed by atoms with E-state index in [1.54, 1.807) is 18.3 Å². The number of thiazole rings is 1. The lowest BCUT2D eigenvalue weighted by Gasteiger charge is -2.18. The second-order valence-corrected chi connectivity index (χ2v) is 7.44. The maximum Gasteiger partial charge on any atom is 0.285 e. The molecule has 124 valence electrons. The Kier molecular flexibility index (Phi) is 5.06. The third-order valence-corrected chi connectivity index (χ3v) is 5.33. The number of fused-ring (bicyclic) bond motifs is 1. The van der Waals surface area contributed by atoms with Gasteiger partial charge in [-0.1, -0.05) is 30.0 Å². The fourth-order valence-corrected chi connectivity index (χ4v) is 4.05. The zero-order chi connectivity index (χ0) is 17.1. The van der Waals surface area contributed by atoms with Crippen LogP contribution in [0.5, 0.6) is 0 Å². The maximum atomic E-state index is 12.7. The van der Waals surface area contributed by atoms with Gasteiger partial charge < -0.3 is 0 Å². The van der Waals surface area contributed by atoms with E-state index in [1.165, 1.54) is 6.20 Å². The van der Waals surface area contributed by atoms with E-state index in [0.29, 0.717) is 39.9 Å². The van der Waals surface area contributed by atoms with E-state index in [0.717, 1.165) is 23.1 Å². The molecule has 0 saturated heterocycles. The van der Waals surface area contributed by atoms with Crippen LogP contribution in [0.4, 0.5) is 9.93 Å². The Bertz CT molecular complexity index is 789. The molecular weight excluding hydrogens is 346 g/mol. The number of anilines is 1. The van der Waals surface area contributed by atoms with Crippen LogP contribution in [0.1, 0.15) is 39.1 Å². The number of hydrogen-bond acceptors (Lipinski definition) is 7. The largest absolute Gasteiger partial charge is 0.293 e. The van der Waals surface area contributed by atoms with Gasteiger partial charge in [0.2, 0.25) is 0 Å². The lowest BCUT2D eigenvalue weighted by molar-refractivity contribution is 0.0792. The molecule has 2 aromatic heterocycles. The van der Waals surface area contributed by atoms with Crippen LogP contribution in [-0.4, -0.2) is 32.5 Å². The van der Waals surface area contributed by atoms with Crippen LogP contribution in [0.2, 0.25) is 0 Å². The van der Waals surface area contributed by atoms with Crippen molar-refractivity contribution in [3.63, 3.8) is 0 Å². The predicted molar refractivity (Wildman–Crippen MR) is 94.0 cm³/mol. The molecule has 1 aliphatic carbocycles. The summed E-state index contributed by atoms with van der Waals surface area (Å²) in [6.07, 6.45) is 4.04. The molecule has 0 saturated carbocycles. The maximum absolute atomic E-state index is 12.7. The van der Waals surface area contributed by atoms with E-state index in [-0.39, 0.29) is 16.8 Å². The van der Waals surface area contributed by atoms with Gasteiger partial charge in [-0.2, -0.15) is 0 Å². The minimum atomic E-state index is -0.698. The fraction of sp³-hybridized carbons (Fsp3) is 0.312. The summed E-state index contributed by atoms with van der Waals surface area (Å²) in [4.78, 5) is 45.6. The van der Waals surface area contributed by atoms with Gasteiger partial charge in [0.25, 0.3) is 5.24 Å². The van der Waals surface area contributed by atoms with Crippen molar-refractivity contribution in [3.8, 4) is 0 Å². The molecule has 1 N–H and O–H groups in total. The van der Waals surface area contributed by atoms with Gasteiger partial charge in [-0.25, -0.2) is 4.98 Å². The summed E-state index contributed by atoms with van der Waals surface area (Å²) < 4.78 is 0. The lowest BCUT2D eigenvalue weighted by atomic mass is 9.84. The summed E-state index contributed by atoms with van der Waals surface area (Å²) in [5.41, 5.74) is 1.11. The number of aryl methyl sites for hydroxylation is 1. The summed E-state index contributed by atoms with van der Waals surface area (Å²) in [6.45, 7) is 1.88. The molecule has 1 unspecified atom stereocenters. The van der Waals surface area contributed by atoms with Crippen molar-refractivity contribution < 1.29 is 14.4 Å². The van der Waals surface area contributed by atoms with Crippen LogP contribution in [-0.2, 0) is 6.42 Å². The fourth-order valence-electron chi connectivity index (χ4n) is 2.55. The second-order valence-electron chi connectivity index (χ2n) is 5.20. The molecular formula is C16H15N3O3S2. The Morgan fingerprint density at radius 3 is 3.00 bits per heavy atom. The molecule has 1 amide bonds. The monoisotopic (exact) mass is 361 g/mol. The first-order valence-electron chi connectivity index (χ1n) is 7.52. The van der Waals surface area contributed by atoms with Crippen LogP contribution in [0.25, 0.3) is 0 Å². The molecule has 24 heavy (non-hydrogen) atoms. The van der Waals surface area contributed by atoms with E-state index in [1.807, 2.05) is 6.92 Å². The average Bonchev–Trinajstić information content (AvgIpc) is 2.99. The summed E-state index contributed by atoms with van der Waals surface area (Å²) in [5.74, 6) is -0.460. The van der Waals surface area contributed by atoms with Gasteiger partial charge in [0, 0.05) is 18.0 Å². The highest BCUT2D eigenvalue weighted by molar-refractivity contribution is 8.13. The van der Waals surface area contributed by atoms with E-state index >= 15 is 0 Å². The summed E-state index contributed by atoms with van der Waals surface area (Å²) >= 11 is 2.29. The molecule has 0 bridgehead atoms. The Morgan fingerprint density at radius 1 is 1.46 bits per heavy atom. The molecule has 0 aromatic carbocycles. The van der Waals surface area contributed by atoms with Gasteiger partial charge in [-0.05, 0) is 30.7 Å². The molecule has 6 nitrogen and oxygen atoms in total. The smallest absolute Gasteiger partial charge is 0.285 e. The minimum Gasteiger partial charge on any atom is -0.293 e. The standard InChI is InChI=1S/C16H15N3O3S2/c1-2-23-16(22)19-15-18-11-6-5-10(13(21)14(11)24-15)12(20)9-4-3-7-17-8-9/h3-4,7-8,10H,2,5-6H2,1H3,(H,18,19,22). The predicted octanol–water partition coefficient (Wildman–Crippen LogP) is 3.45. The molecule has 2 heterocycles. The molecule has 3 rings (SSSR count). The number of nitrogens with zero attached hydrogens (tertiary/aromatic N) is 2. The van der Waals surface area contributed by atoms with Gasteiger partial charge in [0.1, 0.15) is 0 Å². The van der Waals surface area contributed by atoms with Crippen molar-refractivity contribution in [2.24, 2.45) is 5.92 Å². The minimum absolute atomic E-state index is 0.195. The Morgan fingerprint density at radius 2 is 2.29 bits per heavy atom. The van der Waals surface area contributed by atoms with Crippen molar-refractivity contribution in [1.82, 2.24) is 9.97 Å². The number of rotatable bonds is 4. The van der Waals surface area contributed by atoms with E-state index in [4.69, 9.17) is 0 Å². The van der Waals surface area contributed by atoms with Gasteiger partial charge in [0.15, 0.2) is 16.7 Å². The van der Waals surface area contributed by atoms with E-state index in [9.17, 15) is 14.4 Å². The first-order valence-corrected chi connectivity index (χ1v) is 9.32. The van der Waals surface area contributed by atoms with Crippen molar-refractivity contribution >= 4 is 45.0 Å². The third kappa shape index (κ3) is 3.39. The number of ketones is 2. The highest BCUT2D eigenvalue weighted by Gasteiger charge is 2.36. The lowest BCUT2D eigenvalue weighted by Crippen LogP contribution is -2.28. The Hall–Kier alpha value is -2.06. The highest BCUT2D eigenvalue weighted by atomic mass is 32.2. The van der Waals surface area contributed by atoms with Gasteiger partial charge in [-0.15, -0.1) is 0 Å². The van der Waals surface area contributed by atoms with Crippen molar-refractivity contribution in [2.75, 3.05) is 11.1 Å². The third-order valence-electron chi connectivity index (χ3n) is 3.65. The number of Topliss-reactive ketones (excluding diaryl/α,β-unsaturated/α-hetero) is 2. The second kappa shape index (κ2) is 7.23. The number of nitrogens with one attached hydrogen (secondary N) is 1. The number of carbonyl (C=O) groups is 3. The van der Waals surface area contributed by atoms with Gasteiger partial charge in [-0.3, -0.25) is 24.7 Å². The zero-order valence-electron chi connectivity index (χ0n) is 12.9. The van der Waals surface area contributed by atoms with Crippen LogP contribution in [0.3, 0.4) is 0 Å². The number of pyridine rings is 1. The highest BCUT2D eigenvalue weighted by Crippen LogP contribution is 2.34. The number of carbonyl (C=O) groups excluding carboxylic acids is 3. The van der Waals surface area contributed by atoms with Crippen LogP contribution in [0.15, 0.2) is 24.5 Å². The van der Waals surface area contributed by atoms with Crippen molar-refractivity contribution in [2.45, 2.75) is 19.8 Å². The molecule has 0 fully saturated rings. The van der Waals surface area contributed by atoms with E-state index < -0.39 is 5.92 Å². The average molecular weight is 361 g/mol. The van der Waals surface area contributed by atoms with E-state index in [2.05, 4.69) is 15.3 Å². The zero-order valence-corrected chi connectivity index (χ0v) is 14.6. The number of thioether (sulfide) groups is 1. The van der Waals surface area contributed by atoms with Crippen molar-refractivity contribution in [3.05, 3.63) is 40.7 Å². The molecule has 2 aromatic rings. The normalized spacial score (nSPS) is 16.5. The molecule has 0 aliphatic heterocycles. The number of hydrogen-bond donors (Lipinski definition) is 1. The molecule has 0 radical (unpaired) electrons. The van der Waals surface area contributed by atoms with Gasteiger partial charge >= 0.3 is 0 Å². The first-order chi connectivity index (χ1) is 11.6. The first kappa shape index (κ1) is 16.8. The topological polar surface area (TPSA) is 89.0 Å². The quantitative estimate of drug-likeness (QED) is 0.663. The van der Waals surface area contributed by atoms with Gasteiger partial charge in [0.05, 0.1) is 16.5 Å². The number of amides is 1. The Balaban J connectivity index is 1.79. The molecule has 1 aliphatic rings. The van der Waals surface area contributed by atoms with Crippen LogP contribution < -0.4 is 5.32 Å². The van der Waals surface area contributed by atoms with Crippen LogP contribution >= 0.6 is 23.1 Å². The SMILES string of the molecule is CCSC(=O)Nc1nc2c(s1)C(=O)C(C(=O)c1cccnc1)CC2. The molecule has 8 heteroatoms.